The number of phenolic OH excluding ortho intramolecular Hbond substituents is 1. The second-order valence-electron chi connectivity index (χ2n) is 8.29. The fraction of sp³-hybridized carbons (Fsp3) is 0.320. The zero-order valence-electron chi connectivity index (χ0n) is 19.3. The van der Waals surface area contributed by atoms with Gasteiger partial charge in [0, 0.05) is 35.6 Å². The lowest BCUT2D eigenvalue weighted by Gasteiger charge is -2.28. The minimum atomic E-state index is -0.245. The molecule has 0 radical (unpaired) electrons. The number of halogens is 1. The van der Waals surface area contributed by atoms with Crippen LogP contribution in [0, 0.1) is 13.8 Å². The van der Waals surface area contributed by atoms with E-state index >= 15 is 0 Å². The first-order valence-corrected chi connectivity index (χ1v) is 11.8. The molecular formula is C25H27ClN4O3S. The largest absolute Gasteiger partial charge is 0.506 e. The number of benzene rings is 1. The number of thiocarbonyl (C=S) groups is 1. The van der Waals surface area contributed by atoms with Crippen LogP contribution in [-0.2, 0) is 9.53 Å². The van der Waals surface area contributed by atoms with E-state index in [1.807, 2.05) is 36.6 Å². The number of nitrogens with zero attached hydrogens (tertiary/aromatic N) is 3. The van der Waals surface area contributed by atoms with Gasteiger partial charge in [0.2, 0.25) is 0 Å². The van der Waals surface area contributed by atoms with Gasteiger partial charge in [0.25, 0.3) is 0 Å². The highest BCUT2D eigenvalue weighted by molar-refractivity contribution is 7.80. The average Bonchev–Trinajstić information content (AvgIpc) is 3.31. The molecule has 0 saturated carbocycles. The van der Waals surface area contributed by atoms with Gasteiger partial charge < -0.3 is 24.6 Å². The predicted molar refractivity (Wildman–Crippen MR) is 135 cm³/mol. The second-order valence-corrected chi connectivity index (χ2v) is 9.12. The molecule has 2 atom stereocenters. The third-order valence-electron chi connectivity index (χ3n) is 6.17. The molecule has 2 aromatic heterocycles. The Morgan fingerprint density at radius 2 is 2.06 bits per heavy atom. The van der Waals surface area contributed by atoms with Crippen molar-refractivity contribution in [2.24, 2.45) is 0 Å². The molecule has 0 amide bonds. The van der Waals surface area contributed by atoms with Crippen LogP contribution >= 0.6 is 23.8 Å². The third-order valence-corrected chi connectivity index (χ3v) is 6.76. The molecule has 2 N–H and O–H groups in total. The van der Waals surface area contributed by atoms with Gasteiger partial charge in [-0.3, -0.25) is 9.78 Å². The van der Waals surface area contributed by atoms with Crippen LogP contribution in [0.3, 0.4) is 0 Å². The summed E-state index contributed by atoms with van der Waals surface area (Å²) in [6, 6.07) is 12.6. The van der Waals surface area contributed by atoms with E-state index in [1.54, 1.807) is 24.4 Å². The number of rotatable bonds is 7. The summed E-state index contributed by atoms with van der Waals surface area (Å²) in [5, 5.41) is 15.1. The highest BCUT2D eigenvalue weighted by Crippen LogP contribution is 2.42. The Bertz CT molecular complexity index is 1210. The van der Waals surface area contributed by atoms with Crippen LogP contribution in [0.15, 0.2) is 48.7 Å². The van der Waals surface area contributed by atoms with Crippen molar-refractivity contribution in [2.45, 2.75) is 38.8 Å². The number of hydrogen-bond acceptors (Lipinski definition) is 5. The molecule has 1 aromatic carbocycles. The van der Waals surface area contributed by atoms with E-state index in [0.29, 0.717) is 35.2 Å². The van der Waals surface area contributed by atoms with Crippen molar-refractivity contribution in [3.63, 3.8) is 0 Å². The van der Waals surface area contributed by atoms with Crippen molar-refractivity contribution in [1.29, 1.82) is 0 Å². The summed E-state index contributed by atoms with van der Waals surface area (Å²) in [4.78, 5) is 18.4. The van der Waals surface area contributed by atoms with Crippen molar-refractivity contribution in [2.75, 3.05) is 13.7 Å². The second kappa shape index (κ2) is 10.0. The first-order valence-electron chi connectivity index (χ1n) is 11.0. The quantitative estimate of drug-likeness (QED) is 0.358. The molecule has 9 heteroatoms. The van der Waals surface area contributed by atoms with Crippen molar-refractivity contribution in [1.82, 2.24) is 19.8 Å². The van der Waals surface area contributed by atoms with E-state index in [1.165, 1.54) is 7.11 Å². The van der Waals surface area contributed by atoms with Gasteiger partial charge in [-0.25, -0.2) is 0 Å². The number of aryl methyl sites for hydroxylation is 1. The zero-order chi connectivity index (χ0) is 24.4. The fourth-order valence-electron chi connectivity index (χ4n) is 4.61. The summed E-state index contributed by atoms with van der Waals surface area (Å²) in [7, 11) is 1.39. The summed E-state index contributed by atoms with van der Waals surface area (Å²) in [5.41, 5.74) is 4.47. The standard InChI is InChI=1S/C25H27ClN4O3S/c1-15-13-18(16(2)30(15)20-14-17(26)9-10-21(20)31)24-23(19-7-4-5-11-27-19)28-25(34)29(24)12-6-8-22(32)33-3/h4-5,7,9-11,13-14,23-24,31H,6,8,12H2,1-3H3,(H,28,34). The molecule has 1 fully saturated rings. The smallest absolute Gasteiger partial charge is 0.305 e. The summed E-state index contributed by atoms with van der Waals surface area (Å²) in [6.07, 6.45) is 2.68. The average molecular weight is 499 g/mol. The van der Waals surface area contributed by atoms with E-state index in [0.717, 1.165) is 22.6 Å². The molecule has 3 heterocycles. The van der Waals surface area contributed by atoms with E-state index in [2.05, 4.69) is 21.3 Å². The number of carbonyl (C=O) groups excluding carboxylic acids is 1. The molecule has 0 spiro atoms. The molecule has 178 valence electrons. The van der Waals surface area contributed by atoms with Crippen LogP contribution in [0.4, 0.5) is 0 Å². The molecule has 4 rings (SSSR count). The lowest BCUT2D eigenvalue weighted by Crippen LogP contribution is -2.31. The maximum atomic E-state index is 11.7. The lowest BCUT2D eigenvalue weighted by molar-refractivity contribution is -0.140. The predicted octanol–water partition coefficient (Wildman–Crippen LogP) is 4.77. The van der Waals surface area contributed by atoms with Crippen LogP contribution < -0.4 is 5.32 Å². The number of esters is 1. The van der Waals surface area contributed by atoms with Gasteiger partial charge in [-0.15, -0.1) is 0 Å². The third kappa shape index (κ3) is 4.60. The van der Waals surface area contributed by atoms with Gasteiger partial charge in [-0.05, 0) is 74.4 Å². The summed E-state index contributed by atoms with van der Waals surface area (Å²) in [5.74, 6) is -0.0977. The van der Waals surface area contributed by atoms with Crippen molar-refractivity contribution in [3.8, 4) is 11.4 Å². The molecule has 0 bridgehead atoms. The van der Waals surface area contributed by atoms with Gasteiger partial charge in [-0.2, -0.15) is 0 Å². The number of ether oxygens (including phenoxy) is 1. The van der Waals surface area contributed by atoms with Crippen LogP contribution in [-0.4, -0.2) is 44.3 Å². The Balaban J connectivity index is 1.78. The summed E-state index contributed by atoms with van der Waals surface area (Å²) >= 11 is 12.0. The maximum absolute atomic E-state index is 11.7. The van der Waals surface area contributed by atoms with Crippen molar-refractivity contribution < 1.29 is 14.6 Å². The molecule has 2 unspecified atom stereocenters. The Morgan fingerprint density at radius 1 is 1.26 bits per heavy atom. The molecule has 1 saturated heterocycles. The van der Waals surface area contributed by atoms with Gasteiger partial charge in [0.1, 0.15) is 5.75 Å². The molecular weight excluding hydrogens is 472 g/mol. The molecule has 34 heavy (non-hydrogen) atoms. The van der Waals surface area contributed by atoms with Crippen molar-refractivity contribution in [3.05, 3.63) is 76.3 Å². The monoisotopic (exact) mass is 498 g/mol. The number of methoxy groups -OCH3 is 1. The Morgan fingerprint density at radius 3 is 2.76 bits per heavy atom. The van der Waals surface area contributed by atoms with E-state index in [4.69, 9.17) is 28.6 Å². The number of aromatic nitrogens is 2. The van der Waals surface area contributed by atoms with Crippen LogP contribution in [0.25, 0.3) is 5.69 Å². The highest BCUT2D eigenvalue weighted by Gasteiger charge is 2.41. The lowest BCUT2D eigenvalue weighted by atomic mass is 9.96. The molecule has 1 aliphatic rings. The van der Waals surface area contributed by atoms with Crippen LogP contribution in [0.5, 0.6) is 5.75 Å². The Hall–Kier alpha value is -3.10. The van der Waals surface area contributed by atoms with Gasteiger partial charge in [0.05, 0.1) is 30.6 Å². The number of hydrogen-bond donors (Lipinski definition) is 2. The van der Waals surface area contributed by atoms with E-state index < -0.39 is 0 Å². The Kier molecular flexibility index (Phi) is 7.09. The topological polar surface area (TPSA) is 79.6 Å². The molecule has 3 aromatic rings. The van der Waals surface area contributed by atoms with Gasteiger partial charge in [0.15, 0.2) is 5.11 Å². The van der Waals surface area contributed by atoms with Gasteiger partial charge >= 0.3 is 5.97 Å². The minimum Gasteiger partial charge on any atom is -0.506 e. The number of nitrogens with one attached hydrogen (secondary N) is 1. The fourth-order valence-corrected chi connectivity index (χ4v) is 5.11. The van der Waals surface area contributed by atoms with Crippen molar-refractivity contribution >= 4 is 34.9 Å². The number of pyridine rings is 1. The SMILES string of the molecule is COC(=O)CCCN1C(=S)NC(c2ccccn2)C1c1cc(C)n(-c2cc(Cl)ccc2O)c1C. The first kappa shape index (κ1) is 24.0. The van der Waals surface area contributed by atoms with E-state index in [9.17, 15) is 9.90 Å². The minimum absolute atomic E-state index is 0.147. The zero-order valence-corrected chi connectivity index (χ0v) is 20.9. The number of phenols is 1. The van der Waals surface area contributed by atoms with Gasteiger partial charge in [-0.1, -0.05) is 17.7 Å². The molecule has 0 aliphatic carbocycles. The summed E-state index contributed by atoms with van der Waals surface area (Å²) in [6.45, 7) is 4.60. The normalized spacial score (nSPS) is 17.6. The Labute approximate surface area is 209 Å². The van der Waals surface area contributed by atoms with Crippen LogP contribution in [0.2, 0.25) is 5.02 Å². The molecule has 7 nitrogen and oxygen atoms in total. The maximum Gasteiger partial charge on any atom is 0.305 e. The number of carbonyl (C=O) groups is 1. The van der Waals surface area contributed by atoms with E-state index in [-0.39, 0.29) is 23.8 Å². The highest BCUT2D eigenvalue weighted by atomic mass is 35.5. The molecule has 1 aliphatic heterocycles. The summed E-state index contributed by atoms with van der Waals surface area (Å²) < 4.78 is 6.80. The number of aromatic hydroxyl groups is 1. The first-order chi connectivity index (χ1) is 16.3. The van der Waals surface area contributed by atoms with Crippen LogP contribution in [0.1, 0.15) is 47.6 Å².